The van der Waals surface area contributed by atoms with Gasteiger partial charge in [-0.15, -0.1) is 24.0 Å². The Balaban J connectivity index is 0.00000364. The van der Waals surface area contributed by atoms with Crippen LogP contribution >= 0.6 is 24.0 Å². The summed E-state index contributed by atoms with van der Waals surface area (Å²) in [6.45, 7) is 6.09. The standard InChI is InChI=1S/C19H30N4O3.HI/c1-2-20-19(22-10-5-13-26-14-15-8-9-15)23-12-11-21-18(25)16-6-3-4-7-17(16)24;/h3-4,6-7,15,24H,2,5,8-14H2,1H3,(H,21,25)(H2,20,22,23);1H. The molecular formula is C19H31IN4O3. The second kappa shape index (κ2) is 13.6. The molecule has 0 heterocycles. The van der Waals surface area contributed by atoms with E-state index in [-0.39, 0.29) is 41.2 Å². The lowest BCUT2D eigenvalue weighted by Gasteiger charge is -2.12. The van der Waals surface area contributed by atoms with Crippen LogP contribution in [0.5, 0.6) is 5.75 Å². The average molecular weight is 490 g/mol. The molecule has 0 saturated heterocycles. The first-order valence-electron chi connectivity index (χ1n) is 9.36. The fourth-order valence-electron chi connectivity index (χ4n) is 2.35. The van der Waals surface area contributed by atoms with Crippen molar-refractivity contribution in [2.45, 2.75) is 26.2 Å². The summed E-state index contributed by atoms with van der Waals surface area (Å²) in [6.07, 6.45) is 3.52. The third-order valence-corrected chi connectivity index (χ3v) is 3.96. The van der Waals surface area contributed by atoms with Crippen LogP contribution in [0.3, 0.4) is 0 Å². The predicted octanol–water partition coefficient (Wildman–Crippen LogP) is 2.11. The number of nitrogens with zero attached hydrogens (tertiary/aromatic N) is 1. The molecule has 2 rings (SSSR count). The summed E-state index contributed by atoms with van der Waals surface area (Å²) < 4.78 is 5.60. The lowest BCUT2D eigenvalue weighted by molar-refractivity contribution is 0.0951. The van der Waals surface area contributed by atoms with Gasteiger partial charge < -0.3 is 25.8 Å². The number of amides is 1. The molecule has 1 saturated carbocycles. The Labute approximate surface area is 178 Å². The van der Waals surface area contributed by atoms with Gasteiger partial charge in [0, 0.05) is 39.4 Å². The van der Waals surface area contributed by atoms with Gasteiger partial charge in [0.2, 0.25) is 0 Å². The zero-order chi connectivity index (χ0) is 18.6. The van der Waals surface area contributed by atoms with Crippen molar-refractivity contribution >= 4 is 35.8 Å². The lowest BCUT2D eigenvalue weighted by atomic mass is 10.2. The number of rotatable bonds is 11. The third-order valence-electron chi connectivity index (χ3n) is 3.96. The summed E-state index contributed by atoms with van der Waals surface area (Å²) in [6, 6.07) is 6.49. The summed E-state index contributed by atoms with van der Waals surface area (Å²) in [7, 11) is 0. The molecule has 7 nitrogen and oxygen atoms in total. The highest BCUT2D eigenvalue weighted by molar-refractivity contribution is 14.0. The zero-order valence-electron chi connectivity index (χ0n) is 15.9. The van der Waals surface area contributed by atoms with E-state index in [2.05, 4.69) is 20.9 Å². The monoisotopic (exact) mass is 490 g/mol. The lowest BCUT2D eigenvalue weighted by Crippen LogP contribution is -2.41. The van der Waals surface area contributed by atoms with Crippen LogP contribution in [-0.4, -0.2) is 56.4 Å². The minimum Gasteiger partial charge on any atom is -0.507 e. The van der Waals surface area contributed by atoms with Crippen LogP contribution in [0.4, 0.5) is 0 Å². The molecule has 0 aromatic heterocycles. The van der Waals surface area contributed by atoms with E-state index in [1.54, 1.807) is 18.2 Å². The highest BCUT2D eigenvalue weighted by Gasteiger charge is 2.20. The maximum atomic E-state index is 12.0. The smallest absolute Gasteiger partial charge is 0.255 e. The summed E-state index contributed by atoms with van der Waals surface area (Å²) in [5.41, 5.74) is 0.277. The summed E-state index contributed by atoms with van der Waals surface area (Å²) in [5.74, 6) is 1.22. The number of ether oxygens (including phenoxy) is 1. The molecular weight excluding hydrogens is 459 g/mol. The number of aliphatic imine (C=N–C) groups is 1. The molecule has 0 radical (unpaired) electrons. The number of carbonyl (C=O) groups is 1. The van der Waals surface area contributed by atoms with Crippen molar-refractivity contribution in [1.82, 2.24) is 16.0 Å². The number of halogens is 1. The fourth-order valence-corrected chi connectivity index (χ4v) is 2.35. The number of para-hydroxylation sites is 1. The Morgan fingerprint density at radius 3 is 2.67 bits per heavy atom. The molecule has 1 aromatic carbocycles. The Kier molecular flexibility index (Phi) is 11.8. The number of guanidine groups is 1. The number of phenols is 1. The highest BCUT2D eigenvalue weighted by Crippen LogP contribution is 2.28. The van der Waals surface area contributed by atoms with Crippen LogP contribution in [0.25, 0.3) is 0 Å². The maximum absolute atomic E-state index is 12.0. The number of nitrogens with one attached hydrogen (secondary N) is 3. The number of phenolic OH excluding ortho intramolecular Hbond substituents is 1. The zero-order valence-corrected chi connectivity index (χ0v) is 18.2. The molecule has 1 aromatic rings. The van der Waals surface area contributed by atoms with Crippen molar-refractivity contribution in [3.8, 4) is 5.75 Å². The average Bonchev–Trinajstić information content (AvgIpc) is 3.46. The topological polar surface area (TPSA) is 95.0 Å². The minimum atomic E-state index is -0.292. The molecule has 4 N–H and O–H groups in total. The Bertz CT molecular complexity index is 594. The van der Waals surface area contributed by atoms with E-state index in [0.717, 1.165) is 38.1 Å². The molecule has 0 spiro atoms. The van der Waals surface area contributed by atoms with Gasteiger partial charge in [0.15, 0.2) is 5.96 Å². The summed E-state index contributed by atoms with van der Waals surface area (Å²) in [5, 5.41) is 18.8. The van der Waals surface area contributed by atoms with E-state index in [0.29, 0.717) is 19.6 Å². The largest absolute Gasteiger partial charge is 0.507 e. The maximum Gasteiger partial charge on any atom is 0.255 e. The minimum absolute atomic E-state index is 0. The SMILES string of the molecule is CCNC(=NCCCOCC1CC1)NCCNC(=O)c1ccccc1O.I. The first-order chi connectivity index (χ1) is 12.7. The summed E-state index contributed by atoms with van der Waals surface area (Å²) >= 11 is 0. The van der Waals surface area contributed by atoms with Crippen molar-refractivity contribution in [1.29, 1.82) is 0 Å². The number of carbonyl (C=O) groups excluding carboxylic acids is 1. The Morgan fingerprint density at radius 2 is 1.96 bits per heavy atom. The van der Waals surface area contributed by atoms with Gasteiger partial charge in [-0.2, -0.15) is 0 Å². The molecule has 27 heavy (non-hydrogen) atoms. The van der Waals surface area contributed by atoms with Gasteiger partial charge in [0.05, 0.1) is 5.56 Å². The Morgan fingerprint density at radius 1 is 1.22 bits per heavy atom. The molecule has 0 aliphatic heterocycles. The van der Waals surface area contributed by atoms with Crippen LogP contribution in [0, 0.1) is 5.92 Å². The van der Waals surface area contributed by atoms with Gasteiger partial charge in [0.25, 0.3) is 5.91 Å². The molecule has 152 valence electrons. The van der Waals surface area contributed by atoms with E-state index in [4.69, 9.17) is 4.74 Å². The van der Waals surface area contributed by atoms with Crippen molar-refractivity contribution in [2.24, 2.45) is 10.9 Å². The van der Waals surface area contributed by atoms with Gasteiger partial charge in [-0.05, 0) is 44.2 Å². The van der Waals surface area contributed by atoms with E-state index >= 15 is 0 Å². The second-order valence-corrected chi connectivity index (χ2v) is 6.33. The van der Waals surface area contributed by atoms with E-state index in [1.165, 1.54) is 18.9 Å². The van der Waals surface area contributed by atoms with Crippen LogP contribution in [0.2, 0.25) is 0 Å². The fraction of sp³-hybridized carbons (Fsp3) is 0.579. The highest BCUT2D eigenvalue weighted by atomic mass is 127. The van der Waals surface area contributed by atoms with Crippen molar-refractivity contribution < 1.29 is 14.6 Å². The number of hydrogen-bond acceptors (Lipinski definition) is 4. The number of hydrogen-bond donors (Lipinski definition) is 4. The first kappa shape index (κ1) is 23.5. The van der Waals surface area contributed by atoms with Crippen LogP contribution in [-0.2, 0) is 4.74 Å². The van der Waals surface area contributed by atoms with Gasteiger partial charge >= 0.3 is 0 Å². The van der Waals surface area contributed by atoms with Gasteiger partial charge in [-0.25, -0.2) is 0 Å². The summed E-state index contributed by atoms with van der Waals surface area (Å²) in [4.78, 5) is 16.5. The van der Waals surface area contributed by atoms with E-state index in [9.17, 15) is 9.90 Å². The molecule has 1 aliphatic carbocycles. The molecule has 8 heteroatoms. The van der Waals surface area contributed by atoms with Crippen LogP contribution in [0.15, 0.2) is 29.3 Å². The quantitative estimate of drug-likeness (QED) is 0.165. The van der Waals surface area contributed by atoms with Gasteiger partial charge in [-0.1, -0.05) is 12.1 Å². The predicted molar refractivity (Wildman–Crippen MR) is 118 cm³/mol. The van der Waals surface area contributed by atoms with Crippen molar-refractivity contribution in [3.63, 3.8) is 0 Å². The van der Waals surface area contributed by atoms with Gasteiger partial charge in [0.1, 0.15) is 5.75 Å². The van der Waals surface area contributed by atoms with E-state index in [1.807, 2.05) is 6.92 Å². The molecule has 0 bridgehead atoms. The van der Waals surface area contributed by atoms with E-state index < -0.39 is 0 Å². The van der Waals surface area contributed by atoms with Gasteiger partial charge in [-0.3, -0.25) is 9.79 Å². The van der Waals surface area contributed by atoms with Crippen LogP contribution < -0.4 is 16.0 Å². The van der Waals surface area contributed by atoms with Crippen molar-refractivity contribution in [2.75, 3.05) is 39.4 Å². The number of benzene rings is 1. The third kappa shape index (κ3) is 9.81. The first-order valence-corrected chi connectivity index (χ1v) is 9.36. The second-order valence-electron chi connectivity index (χ2n) is 6.33. The molecule has 1 fully saturated rings. The normalized spacial score (nSPS) is 13.6. The molecule has 1 amide bonds. The molecule has 0 unspecified atom stereocenters. The van der Waals surface area contributed by atoms with Crippen LogP contribution in [0.1, 0.15) is 36.5 Å². The number of aromatic hydroxyl groups is 1. The Hall–Kier alpha value is -1.55. The van der Waals surface area contributed by atoms with Crippen molar-refractivity contribution in [3.05, 3.63) is 29.8 Å². The molecule has 1 aliphatic rings. The molecule has 0 atom stereocenters.